The highest BCUT2D eigenvalue weighted by Gasteiger charge is 2.18. The van der Waals surface area contributed by atoms with E-state index in [2.05, 4.69) is 0 Å². The molecule has 0 heterocycles. The zero-order valence-corrected chi connectivity index (χ0v) is 16.1. The Labute approximate surface area is 154 Å². The average molecular weight is 380 g/mol. The fourth-order valence-electron chi connectivity index (χ4n) is 2.55. The lowest BCUT2D eigenvalue weighted by Gasteiger charge is -2.25. The molecular weight excluding hydrogens is 358 g/mol. The minimum atomic E-state index is -3.22. The predicted octanol–water partition coefficient (Wildman–Crippen LogP) is 3.90. The number of nitrogens with zero attached hydrogens (tertiary/aromatic N) is 1. The maximum absolute atomic E-state index is 12.4. The van der Waals surface area contributed by atoms with E-state index >= 15 is 0 Å². The first kappa shape index (κ1) is 19.5. The van der Waals surface area contributed by atoms with Gasteiger partial charge in [0.05, 0.1) is 10.9 Å². The smallest absolute Gasteiger partial charge is 0.223 e. The average Bonchev–Trinajstić information content (AvgIpc) is 2.58. The van der Waals surface area contributed by atoms with Crippen LogP contribution in [-0.2, 0) is 21.1 Å². The zero-order chi connectivity index (χ0) is 18.6. The molecule has 0 aliphatic heterocycles. The van der Waals surface area contributed by atoms with Crippen LogP contribution in [0.4, 0.5) is 0 Å². The zero-order valence-electron chi connectivity index (χ0n) is 14.6. The van der Waals surface area contributed by atoms with Crippen LogP contribution in [0.3, 0.4) is 0 Å². The first-order valence-electron chi connectivity index (χ1n) is 7.98. The predicted molar refractivity (Wildman–Crippen MR) is 101 cm³/mol. The third-order valence-corrected chi connectivity index (χ3v) is 5.65. The fourth-order valence-corrected chi connectivity index (χ4v) is 3.40. The number of aryl methyl sites for hydroxylation is 1. The van der Waals surface area contributed by atoms with Crippen LogP contribution in [0, 0.1) is 0 Å². The van der Waals surface area contributed by atoms with Crippen LogP contribution in [0.25, 0.3) is 0 Å². The second kappa shape index (κ2) is 8.02. The van der Waals surface area contributed by atoms with Crippen molar-refractivity contribution in [3.05, 3.63) is 64.7 Å². The van der Waals surface area contributed by atoms with E-state index in [0.29, 0.717) is 17.9 Å². The van der Waals surface area contributed by atoms with Crippen LogP contribution in [0.2, 0.25) is 5.02 Å². The van der Waals surface area contributed by atoms with Crippen LogP contribution in [0.1, 0.15) is 30.5 Å². The second-order valence-corrected chi connectivity index (χ2v) is 8.60. The first-order valence-corrected chi connectivity index (χ1v) is 10.3. The number of amides is 1. The van der Waals surface area contributed by atoms with Crippen LogP contribution in [-0.4, -0.2) is 32.5 Å². The van der Waals surface area contributed by atoms with E-state index < -0.39 is 9.84 Å². The molecule has 0 N–H and O–H groups in total. The maximum Gasteiger partial charge on any atom is 0.223 e. The molecule has 0 aliphatic carbocycles. The van der Waals surface area contributed by atoms with Gasteiger partial charge in [0.25, 0.3) is 0 Å². The molecule has 0 fully saturated rings. The van der Waals surface area contributed by atoms with Gasteiger partial charge in [-0.15, -0.1) is 0 Å². The normalized spacial score (nSPS) is 12.6. The highest BCUT2D eigenvalue weighted by Crippen LogP contribution is 2.22. The number of rotatable bonds is 6. The molecule has 6 heteroatoms. The Morgan fingerprint density at radius 3 is 2.36 bits per heavy atom. The van der Waals surface area contributed by atoms with E-state index in [-0.39, 0.29) is 16.8 Å². The lowest BCUT2D eigenvalue weighted by atomic mass is 10.1. The first-order chi connectivity index (χ1) is 11.7. The van der Waals surface area contributed by atoms with Crippen molar-refractivity contribution in [1.82, 2.24) is 4.90 Å². The van der Waals surface area contributed by atoms with E-state index in [9.17, 15) is 13.2 Å². The van der Waals surface area contributed by atoms with Crippen molar-refractivity contribution in [2.75, 3.05) is 13.3 Å². The highest BCUT2D eigenvalue weighted by molar-refractivity contribution is 7.90. The Kier molecular flexibility index (Phi) is 6.25. The van der Waals surface area contributed by atoms with E-state index in [0.717, 1.165) is 11.1 Å². The Balaban J connectivity index is 2.01. The molecule has 1 unspecified atom stereocenters. The van der Waals surface area contributed by atoms with Crippen molar-refractivity contribution < 1.29 is 13.2 Å². The number of halogens is 1. The van der Waals surface area contributed by atoms with Crippen LogP contribution in [0.5, 0.6) is 0 Å². The molecule has 0 aromatic heterocycles. The van der Waals surface area contributed by atoms with Gasteiger partial charge in [-0.05, 0) is 48.7 Å². The van der Waals surface area contributed by atoms with Crippen molar-refractivity contribution in [2.45, 2.75) is 30.7 Å². The van der Waals surface area contributed by atoms with Gasteiger partial charge in [-0.25, -0.2) is 8.42 Å². The maximum atomic E-state index is 12.4. The Hall–Kier alpha value is -1.85. The Bertz CT molecular complexity index is 847. The summed E-state index contributed by atoms with van der Waals surface area (Å²) in [6.07, 6.45) is 2.20. The number of hydrogen-bond donors (Lipinski definition) is 0. The third-order valence-electron chi connectivity index (χ3n) is 4.28. The van der Waals surface area contributed by atoms with E-state index in [1.165, 1.54) is 6.26 Å². The van der Waals surface area contributed by atoms with Crippen LogP contribution in [0.15, 0.2) is 53.4 Å². The fraction of sp³-hybridized carbons (Fsp3) is 0.316. The monoisotopic (exact) mass is 379 g/mol. The molecule has 2 aromatic carbocycles. The molecule has 4 nitrogen and oxygen atoms in total. The molecule has 134 valence electrons. The summed E-state index contributed by atoms with van der Waals surface area (Å²) < 4.78 is 23.1. The van der Waals surface area contributed by atoms with Gasteiger partial charge in [0.15, 0.2) is 9.84 Å². The van der Waals surface area contributed by atoms with Gasteiger partial charge in [0, 0.05) is 24.7 Å². The minimum absolute atomic E-state index is 0.0275. The number of carbonyl (C=O) groups is 1. The highest BCUT2D eigenvalue weighted by atomic mass is 35.5. The summed E-state index contributed by atoms with van der Waals surface area (Å²) in [5.74, 6) is 0.0275. The molecular formula is C19H22ClNO3S. The van der Waals surface area contributed by atoms with Gasteiger partial charge in [-0.2, -0.15) is 0 Å². The van der Waals surface area contributed by atoms with Crippen LogP contribution >= 0.6 is 11.6 Å². The van der Waals surface area contributed by atoms with E-state index in [4.69, 9.17) is 11.6 Å². The van der Waals surface area contributed by atoms with Crippen molar-refractivity contribution >= 4 is 27.3 Å². The molecule has 2 rings (SSSR count). The molecule has 0 spiro atoms. The number of sulfone groups is 1. The lowest BCUT2D eigenvalue weighted by Crippen LogP contribution is -2.29. The van der Waals surface area contributed by atoms with Crippen molar-refractivity contribution in [3.63, 3.8) is 0 Å². The van der Waals surface area contributed by atoms with Gasteiger partial charge in [-0.1, -0.05) is 35.9 Å². The van der Waals surface area contributed by atoms with Gasteiger partial charge >= 0.3 is 0 Å². The number of benzene rings is 2. The summed E-state index contributed by atoms with van der Waals surface area (Å²) in [7, 11) is -1.46. The standard InChI is InChI=1S/C19H22ClNO3S/c1-14(16-8-10-18(11-9-16)25(3,23)24)21(2)19(22)12-7-15-5-4-6-17(20)13-15/h4-6,8-11,13-14H,7,12H2,1-3H3. The molecule has 2 aromatic rings. The summed E-state index contributed by atoms with van der Waals surface area (Å²) in [6, 6.07) is 14.0. The summed E-state index contributed by atoms with van der Waals surface area (Å²) in [5.41, 5.74) is 1.92. The SMILES string of the molecule is CC(c1ccc(S(C)(=O)=O)cc1)N(C)C(=O)CCc1cccc(Cl)c1. The summed E-state index contributed by atoms with van der Waals surface area (Å²) >= 11 is 5.96. The molecule has 0 saturated carbocycles. The molecule has 0 aliphatic rings. The molecule has 1 amide bonds. The topological polar surface area (TPSA) is 54.5 Å². The van der Waals surface area contributed by atoms with Crippen LogP contribution < -0.4 is 0 Å². The summed E-state index contributed by atoms with van der Waals surface area (Å²) in [6.45, 7) is 1.92. The summed E-state index contributed by atoms with van der Waals surface area (Å²) in [4.78, 5) is 14.4. The number of hydrogen-bond acceptors (Lipinski definition) is 3. The molecule has 0 bridgehead atoms. The van der Waals surface area contributed by atoms with Crippen molar-refractivity contribution in [2.24, 2.45) is 0 Å². The lowest BCUT2D eigenvalue weighted by molar-refractivity contribution is -0.131. The quantitative estimate of drug-likeness (QED) is 0.764. The second-order valence-electron chi connectivity index (χ2n) is 6.15. The van der Waals surface area contributed by atoms with Gasteiger partial charge in [-0.3, -0.25) is 4.79 Å². The van der Waals surface area contributed by atoms with Gasteiger partial charge in [0.2, 0.25) is 5.91 Å². The summed E-state index contributed by atoms with van der Waals surface area (Å²) in [5, 5.41) is 0.664. The molecule has 1 atom stereocenters. The van der Waals surface area contributed by atoms with E-state index in [1.54, 1.807) is 42.3 Å². The van der Waals surface area contributed by atoms with Crippen molar-refractivity contribution in [1.29, 1.82) is 0 Å². The van der Waals surface area contributed by atoms with Crippen molar-refractivity contribution in [3.8, 4) is 0 Å². The molecule has 0 radical (unpaired) electrons. The largest absolute Gasteiger partial charge is 0.339 e. The Morgan fingerprint density at radius 2 is 1.80 bits per heavy atom. The van der Waals surface area contributed by atoms with E-state index in [1.807, 2.05) is 25.1 Å². The van der Waals surface area contributed by atoms with Gasteiger partial charge < -0.3 is 4.90 Å². The molecule has 25 heavy (non-hydrogen) atoms. The Morgan fingerprint density at radius 1 is 1.16 bits per heavy atom. The van der Waals surface area contributed by atoms with Gasteiger partial charge in [0.1, 0.15) is 0 Å². The number of carbonyl (C=O) groups excluding carboxylic acids is 1. The third kappa shape index (κ3) is 5.31. The minimum Gasteiger partial charge on any atom is -0.339 e. The molecule has 0 saturated heterocycles.